The summed E-state index contributed by atoms with van der Waals surface area (Å²) in [4.78, 5) is 0. The van der Waals surface area contributed by atoms with Gasteiger partial charge in [0.1, 0.15) is 0 Å². The molecule has 0 unspecified atom stereocenters. The summed E-state index contributed by atoms with van der Waals surface area (Å²) in [5, 5.41) is 6.50. The first-order chi connectivity index (χ1) is 7.94. The maximum Gasteiger partial charge on any atom is 0.673 e. The van der Waals surface area contributed by atoms with Crippen molar-refractivity contribution in [2.75, 3.05) is 0 Å². The summed E-state index contributed by atoms with van der Waals surface area (Å²) in [7, 11) is -12.0. The lowest BCUT2D eigenvalue weighted by Gasteiger charge is -2.00. The van der Waals surface area contributed by atoms with Crippen LogP contribution >= 0.6 is 0 Å². The fourth-order valence-electron chi connectivity index (χ4n) is 0. The largest absolute Gasteiger partial charge is 0.673 e. The van der Waals surface area contributed by atoms with Crippen molar-refractivity contribution in [3.63, 3.8) is 0 Å². The van der Waals surface area contributed by atoms with Crippen LogP contribution in [0.2, 0.25) is 0 Å². The van der Waals surface area contributed by atoms with Crippen molar-refractivity contribution in [1.29, 1.82) is 5.26 Å². The van der Waals surface area contributed by atoms with Crippen LogP contribution in [-0.2, 0) is 0 Å². The average molecular weight is 321 g/mol. The minimum absolute atomic E-state index is 3.50. The van der Waals surface area contributed by atoms with Crippen LogP contribution in [0.25, 0.3) is 0 Å². The fraction of sp³-hybridized carbons (Fsp3) is 0.667. The van der Waals surface area contributed by atoms with E-state index in [-0.39, 0.29) is 0 Å². The third kappa shape index (κ3) is 163. The monoisotopic (exact) mass is 321 g/mol. The highest BCUT2D eigenvalue weighted by molar-refractivity contribution is 6.50. The standard InChI is InChI=1S/C2HF5.CHN.2BF4/c3-1(4)2(5,6)7;1-2;2*2-1(3,4)5/h1H;1H;;/q;;2*-1. The Labute approximate surface area is 96.7 Å². The van der Waals surface area contributed by atoms with E-state index in [1.165, 1.54) is 0 Å². The van der Waals surface area contributed by atoms with Crippen molar-refractivity contribution in [2.24, 2.45) is 0 Å². The van der Waals surface area contributed by atoms with Gasteiger partial charge in [0, 0.05) is 6.57 Å². The summed E-state index contributed by atoms with van der Waals surface area (Å²) < 4.78 is 130. The molecule has 0 rings (SSSR count). The molecule has 0 amide bonds. The van der Waals surface area contributed by atoms with Gasteiger partial charge in [0.05, 0.1) is 0 Å². The molecule has 0 fully saturated rings. The predicted molar refractivity (Wildman–Crippen MR) is 39.1 cm³/mol. The van der Waals surface area contributed by atoms with Crippen LogP contribution in [0.5, 0.6) is 0 Å². The molecule has 1 nitrogen and oxygen atoms in total. The first-order valence-corrected chi connectivity index (χ1v) is 3.30. The molecule has 0 atom stereocenters. The van der Waals surface area contributed by atoms with Crippen molar-refractivity contribution in [2.45, 2.75) is 12.6 Å². The number of halogens is 13. The Kier molecular flexibility index (Phi) is 14.7. The fourth-order valence-corrected chi connectivity index (χ4v) is 0. The molecule has 0 aromatic carbocycles. The number of hydrogen-bond acceptors (Lipinski definition) is 1. The van der Waals surface area contributed by atoms with E-state index in [4.69, 9.17) is 5.26 Å². The van der Waals surface area contributed by atoms with Crippen LogP contribution in [0.1, 0.15) is 0 Å². The highest BCUT2D eigenvalue weighted by atomic mass is 19.5. The molecule has 0 aliphatic rings. The topological polar surface area (TPSA) is 23.8 Å². The first kappa shape index (κ1) is 26.3. The molecule has 0 saturated carbocycles. The predicted octanol–water partition coefficient (Wildman–Crippen LogP) is 4.55. The molecule has 0 saturated heterocycles. The molecule has 0 radical (unpaired) electrons. The second-order valence-electron chi connectivity index (χ2n) is 1.83. The van der Waals surface area contributed by atoms with Gasteiger partial charge in [0.25, 0.3) is 0 Å². The normalized spacial score (nSPS) is 11.2. The van der Waals surface area contributed by atoms with E-state index in [0.717, 1.165) is 0 Å². The number of hydrogen-bond donors (Lipinski definition) is 0. The van der Waals surface area contributed by atoms with Crippen LogP contribution in [0.3, 0.4) is 0 Å². The van der Waals surface area contributed by atoms with E-state index in [1.807, 2.05) is 0 Å². The lowest BCUT2D eigenvalue weighted by Crippen LogP contribution is -2.18. The van der Waals surface area contributed by atoms with Gasteiger partial charge in [-0.2, -0.15) is 13.2 Å². The van der Waals surface area contributed by atoms with Gasteiger partial charge >= 0.3 is 27.1 Å². The highest BCUT2D eigenvalue weighted by Gasteiger charge is 2.40. The summed E-state index contributed by atoms with van der Waals surface area (Å²) >= 11 is 0. The lowest BCUT2D eigenvalue weighted by atomic mass is 10.3. The van der Waals surface area contributed by atoms with Crippen molar-refractivity contribution >= 4 is 14.5 Å². The van der Waals surface area contributed by atoms with Crippen LogP contribution in [0, 0.1) is 11.8 Å². The van der Waals surface area contributed by atoms with Crippen LogP contribution < -0.4 is 0 Å². The summed E-state index contributed by atoms with van der Waals surface area (Å²) in [6, 6.07) is 0. The molecule has 0 aromatic heterocycles. The van der Waals surface area contributed by atoms with Gasteiger partial charge < -0.3 is 34.5 Å². The highest BCUT2D eigenvalue weighted by Crippen LogP contribution is 2.22. The van der Waals surface area contributed by atoms with E-state index in [1.54, 1.807) is 0 Å². The van der Waals surface area contributed by atoms with Crippen molar-refractivity contribution in [3.05, 3.63) is 0 Å². The second kappa shape index (κ2) is 10.6. The van der Waals surface area contributed by atoms with E-state index >= 15 is 0 Å². The Hall–Kier alpha value is -1.29. The molecule has 118 valence electrons. The Bertz CT molecular complexity index is 187. The third-order valence-corrected chi connectivity index (χ3v) is 0.247. The zero-order chi connectivity index (χ0) is 17.1. The smallest absolute Gasteiger partial charge is 0.418 e. The quantitative estimate of drug-likeness (QED) is 0.474. The van der Waals surface area contributed by atoms with Gasteiger partial charge in [0.15, 0.2) is 0 Å². The van der Waals surface area contributed by atoms with Gasteiger partial charge in [-0.1, -0.05) is 0 Å². The van der Waals surface area contributed by atoms with E-state index < -0.39 is 27.1 Å². The number of rotatable bonds is 0. The van der Waals surface area contributed by atoms with Gasteiger partial charge in [-0.25, -0.2) is 14.0 Å². The molecule has 0 bridgehead atoms. The third-order valence-electron chi connectivity index (χ3n) is 0.247. The maximum atomic E-state index is 10.4. The van der Waals surface area contributed by atoms with Gasteiger partial charge in [-0.05, 0) is 0 Å². The molecule has 0 aliphatic carbocycles. The van der Waals surface area contributed by atoms with E-state index in [9.17, 15) is 56.5 Å². The van der Waals surface area contributed by atoms with Crippen molar-refractivity contribution in [1.82, 2.24) is 0 Å². The number of alkyl halides is 5. The molecule has 0 heterocycles. The molecular formula is C3H2B2F13N-2. The minimum Gasteiger partial charge on any atom is -0.418 e. The second-order valence-corrected chi connectivity index (χ2v) is 1.83. The molecule has 0 aliphatic heterocycles. The number of nitriles is 1. The lowest BCUT2D eigenvalue weighted by molar-refractivity contribution is -0.219. The Balaban J connectivity index is -0.0000000848. The Morgan fingerprint density at radius 1 is 0.684 bits per heavy atom. The molecule has 16 heteroatoms. The van der Waals surface area contributed by atoms with Gasteiger partial charge in [0.2, 0.25) is 0 Å². The Morgan fingerprint density at radius 3 is 0.737 bits per heavy atom. The summed E-state index contributed by atoms with van der Waals surface area (Å²) in [6.07, 6.45) is -9.53. The molecule has 0 spiro atoms. The Morgan fingerprint density at radius 2 is 0.737 bits per heavy atom. The average Bonchev–Trinajstić information content (AvgIpc) is 1.99. The van der Waals surface area contributed by atoms with Crippen molar-refractivity contribution in [3.8, 4) is 6.57 Å². The van der Waals surface area contributed by atoms with Gasteiger partial charge in [-0.3, -0.25) is 0 Å². The van der Waals surface area contributed by atoms with Crippen molar-refractivity contribution < 1.29 is 56.5 Å². The van der Waals surface area contributed by atoms with Crippen LogP contribution in [-0.4, -0.2) is 27.1 Å². The summed E-state index contributed by atoms with van der Waals surface area (Å²) in [5.41, 5.74) is 0. The number of nitrogens with zero attached hydrogens (tertiary/aromatic N) is 1. The zero-order valence-electron chi connectivity index (χ0n) is 8.17. The summed E-state index contributed by atoms with van der Waals surface area (Å²) in [6.45, 7) is 3.50. The molecule has 0 aromatic rings. The minimum atomic E-state index is -6.00. The molecular weight excluding hydrogens is 319 g/mol. The first-order valence-electron chi connectivity index (χ1n) is 3.30. The maximum absolute atomic E-state index is 10.4. The SMILES string of the molecule is C#N.FC(F)C(F)(F)F.F[B-](F)(F)F.F[B-](F)(F)F. The van der Waals surface area contributed by atoms with Gasteiger partial charge in [-0.15, -0.1) is 0 Å². The molecule has 19 heavy (non-hydrogen) atoms. The zero-order valence-corrected chi connectivity index (χ0v) is 8.17. The van der Waals surface area contributed by atoms with E-state index in [0.29, 0.717) is 0 Å². The molecule has 0 N–H and O–H groups in total. The van der Waals surface area contributed by atoms with Crippen LogP contribution in [0.15, 0.2) is 0 Å². The van der Waals surface area contributed by atoms with E-state index in [2.05, 4.69) is 6.57 Å². The summed E-state index contributed by atoms with van der Waals surface area (Å²) in [5.74, 6) is 0. The van der Waals surface area contributed by atoms with Crippen LogP contribution in [0.4, 0.5) is 56.5 Å².